The van der Waals surface area contributed by atoms with Crippen molar-refractivity contribution in [2.75, 3.05) is 27.5 Å². The van der Waals surface area contributed by atoms with E-state index in [-0.39, 0.29) is 23.2 Å². The van der Waals surface area contributed by atoms with Crippen molar-refractivity contribution in [2.45, 2.75) is 6.92 Å². The third-order valence-electron chi connectivity index (χ3n) is 3.88. The molecule has 0 bridgehead atoms. The largest absolute Gasteiger partial charge is 0.496 e. The van der Waals surface area contributed by atoms with Gasteiger partial charge in [-0.3, -0.25) is 4.79 Å². The van der Waals surface area contributed by atoms with Crippen molar-refractivity contribution in [3.63, 3.8) is 0 Å². The van der Waals surface area contributed by atoms with Crippen LogP contribution in [0.3, 0.4) is 0 Å². The molecule has 0 saturated carbocycles. The molecule has 0 amide bonds. The highest BCUT2D eigenvalue weighted by molar-refractivity contribution is 7.87. The van der Waals surface area contributed by atoms with E-state index in [1.54, 1.807) is 43.3 Å². The molecule has 0 aliphatic carbocycles. The lowest BCUT2D eigenvalue weighted by molar-refractivity contribution is 0.107. The molecule has 2 aromatic carbocycles. The van der Waals surface area contributed by atoms with Gasteiger partial charge < -0.3 is 18.8 Å². The minimum atomic E-state index is -3.31. The summed E-state index contributed by atoms with van der Waals surface area (Å²) in [7, 11) is 1.10. The standard InChI is InChI=1S/C18H21O5P/c1-5-24(20,14-9-7-6-8-10-14)18(19)17-15(22-3)11-13(21-2)12-16(17)23-4/h6-12H,5H2,1-4H3. The summed E-state index contributed by atoms with van der Waals surface area (Å²) in [4.78, 5) is 13.2. The van der Waals surface area contributed by atoms with Crippen molar-refractivity contribution in [1.82, 2.24) is 0 Å². The maximum absolute atomic E-state index is 13.5. The van der Waals surface area contributed by atoms with Gasteiger partial charge >= 0.3 is 0 Å². The number of rotatable bonds is 7. The smallest absolute Gasteiger partial charge is 0.233 e. The van der Waals surface area contributed by atoms with E-state index in [0.29, 0.717) is 11.1 Å². The molecule has 0 fully saturated rings. The minimum Gasteiger partial charge on any atom is -0.496 e. The molecule has 0 saturated heterocycles. The summed E-state index contributed by atoms with van der Waals surface area (Å²) >= 11 is 0. The van der Waals surface area contributed by atoms with Crippen LogP contribution in [0.25, 0.3) is 0 Å². The Kier molecular flexibility index (Phi) is 5.68. The molecule has 2 aromatic rings. The lowest BCUT2D eigenvalue weighted by Crippen LogP contribution is -2.16. The maximum atomic E-state index is 13.5. The van der Waals surface area contributed by atoms with E-state index in [1.807, 2.05) is 6.07 Å². The quantitative estimate of drug-likeness (QED) is 0.716. The zero-order valence-electron chi connectivity index (χ0n) is 14.2. The molecular weight excluding hydrogens is 327 g/mol. The Hall–Kier alpha value is -2.26. The van der Waals surface area contributed by atoms with E-state index in [0.717, 1.165) is 0 Å². The highest BCUT2D eigenvalue weighted by atomic mass is 31.2. The Bertz CT molecular complexity index is 745. The van der Waals surface area contributed by atoms with Crippen LogP contribution in [0.1, 0.15) is 17.3 Å². The second-order valence-corrected chi connectivity index (χ2v) is 8.14. The van der Waals surface area contributed by atoms with Gasteiger partial charge in [0.15, 0.2) is 7.14 Å². The first kappa shape index (κ1) is 18.1. The summed E-state index contributed by atoms with van der Waals surface area (Å²) in [5, 5.41) is 0.525. The van der Waals surface area contributed by atoms with Crippen molar-refractivity contribution in [3.8, 4) is 17.2 Å². The van der Waals surface area contributed by atoms with Crippen LogP contribution >= 0.6 is 7.14 Å². The molecule has 0 aliphatic heterocycles. The van der Waals surface area contributed by atoms with Crippen molar-refractivity contribution < 1.29 is 23.6 Å². The predicted octanol–water partition coefficient (Wildman–Crippen LogP) is 3.56. The zero-order chi connectivity index (χ0) is 17.7. The molecule has 128 valence electrons. The molecule has 24 heavy (non-hydrogen) atoms. The fourth-order valence-electron chi connectivity index (χ4n) is 2.51. The third kappa shape index (κ3) is 3.17. The first-order valence-corrected chi connectivity index (χ1v) is 9.40. The summed E-state index contributed by atoms with van der Waals surface area (Å²) in [6, 6.07) is 12.0. The van der Waals surface area contributed by atoms with Crippen LogP contribution in [0.5, 0.6) is 17.2 Å². The summed E-state index contributed by atoms with van der Waals surface area (Å²) in [5.41, 5.74) is -0.303. The fraction of sp³-hybridized carbons (Fsp3) is 0.278. The van der Waals surface area contributed by atoms with Gasteiger partial charge in [-0.1, -0.05) is 37.3 Å². The average Bonchev–Trinajstić information content (AvgIpc) is 2.66. The molecule has 0 aliphatic rings. The molecule has 0 aromatic heterocycles. The van der Waals surface area contributed by atoms with Crippen molar-refractivity contribution >= 4 is 18.0 Å². The molecule has 6 heteroatoms. The van der Waals surface area contributed by atoms with Crippen molar-refractivity contribution in [1.29, 1.82) is 0 Å². The predicted molar refractivity (Wildman–Crippen MR) is 94.7 cm³/mol. The van der Waals surface area contributed by atoms with Gasteiger partial charge in [0.05, 0.1) is 21.3 Å². The van der Waals surface area contributed by atoms with Gasteiger partial charge in [0, 0.05) is 23.6 Å². The number of ether oxygens (including phenoxy) is 3. The molecule has 0 N–H and O–H groups in total. The SMILES string of the molecule is CCP(=O)(C(=O)c1c(OC)cc(OC)cc1OC)c1ccccc1. The van der Waals surface area contributed by atoms with Crippen LogP contribution < -0.4 is 19.5 Å². The lowest BCUT2D eigenvalue weighted by atomic mass is 10.2. The van der Waals surface area contributed by atoms with Crippen LogP contribution in [-0.2, 0) is 4.57 Å². The van der Waals surface area contributed by atoms with Crippen LogP contribution in [0.15, 0.2) is 42.5 Å². The topological polar surface area (TPSA) is 61.8 Å². The Morgan fingerprint density at radius 3 is 1.92 bits per heavy atom. The van der Waals surface area contributed by atoms with Gasteiger partial charge in [0.25, 0.3) is 0 Å². The summed E-state index contributed by atoms with van der Waals surface area (Å²) in [5.74, 6) is 1.05. The molecule has 2 rings (SSSR count). The van der Waals surface area contributed by atoms with Crippen molar-refractivity contribution in [2.24, 2.45) is 0 Å². The third-order valence-corrected chi connectivity index (χ3v) is 6.78. The first-order chi connectivity index (χ1) is 11.5. The van der Waals surface area contributed by atoms with Gasteiger partial charge in [0.1, 0.15) is 22.8 Å². The van der Waals surface area contributed by atoms with Crippen LogP contribution in [-0.4, -0.2) is 33.0 Å². The average molecular weight is 348 g/mol. The second kappa shape index (κ2) is 7.54. The van der Waals surface area contributed by atoms with E-state index >= 15 is 0 Å². The van der Waals surface area contributed by atoms with Gasteiger partial charge in [-0.2, -0.15) is 0 Å². The Morgan fingerprint density at radius 1 is 0.958 bits per heavy atom. The number of carbonyl (C=O) groups excluding carboxylic acids is 1. The van der Waals surface area contributed by atoms with E-state index in [2.05, 4.69) is 0 Å². The minimum absolute atomic E-state index is 0.176. The molecule has 1 unspecified atom stereocenters. The number of methoxy groups -OCH3 is 3. The molecule has 1 atom stereocenters. The van der Waals surface area contributed by atoms with Gasteiger partial charge in [-0.15, -0.1) is 0 Å². The highest BCUT2D eigenvalue weighted by Crippen LogP contribution is 2.51. The van der Waals surface area contributed by atoms with Gasteiger partial charge in [0.2, 0.25) is 5.52 Å². The van der Waals surface area contributed by atoms with Gasteiger partial charge in [-0.05, 0) is 0 Å². The zero-order valence-corrected chi connectivity index (χ0v) is 15.1. The monoisotopic (exact) mass is 348 g/mol. The molecule has 5 nitrogen and oxygen atoms in total. The lowest BCUT2D eigenvalue weighted by Gasteiger charge is -2.19. The van der Waals surface area contributed by atoms with Crippen LogP contribution in [0.4, 0.5) is 0 Å². The Morgan fingerprint density at radius 2 is 1.50 bits per heavy atom. The normalized spacial score (nSPS) is 13.0. The Balaban J connectivity index is 2.66. The van der Waals surface area contributed by atoms with E-state index in [4.69, 9.17) is 14.2 Å². The molecule has 0 spiro atoms. The number of carbonyl (C=O) groups is 1. The number of hydrogen-bond acceptors (Lipinski definition) is 5. The summed E-state index contributed by atoms with van der Waals surface area (Å²) < 4.78 is 29.3. The number of benzene rings is 2. The van der Waals surface area contributed by atoms with Crippen LogP contribution in [0, 0.1) is 0 Å². The summed E-state index contributed by atoms with van der Waals surface area (Å²) in [6.07, 6.45) is 0.216. The molecule has 0 heterocycles. The van der Waals surface area contributed by atoms with Crippen molar-refractivity contribution in [3.05, 3.63) is 48.0 Å². The maximum Gasteiger partial charge on any atom is 0.233 e. The molecular formula is C18H21O5P. The molecule has 0 radical (unpaired) electrons. The van der Waals surface area contributed by atoms with Crippen LogP contribution in [0.2, 0.25) is 0 Å². The highest BCUT2D eigenvalue weighted by Gasteiger charge is 2.36. The van der Waals surface area contributed by atoms with E-state index in [9.17, 15) is 9.36 Å². The van der Waals surface area contributed by atoms with E-state index < -0.39 is 12.7 Å². The first-order valence-electron chi connectivity index (χ1n) is 7.51. The summed E-state index contributed by atoms with van der Waals surface area (Å²) in [6.45, 7) is 1.74. The van der Waals surface area contributed by atoms with Gasteiger partial charge in [-0.25, -0.2) is 0 Å². The fourth-order valence-corrected chi connectivity index (χ4v) is 4.63. The second-order valence-electron chi connectivity index (χ2n) is 5.10. The Labute approximate surface area is 141 Å². The van der Waals surface area contributed by atoms with E-state index in [1.165, 1.54) is 21.3 Å². The number of hydrogen-bond donors (Lipinski definition) is 0.